The van der Waals surface area contributed by atoms with Crippen LogP contribution in [0, 0.1) is 0 Å². The van der Waals surface area contributed by atoms with Gasteiger partial charge in [-0.3, -0.25) is 14.4 Å². The summed E-state index contributed by atoms with van der Waals surface area (Å²) in [6.07, 6.45) is 92.5. The number of unbranched alkanes of at least 4 members (excludes halogenated alkanes) is 47. The van der Waals surface area contributed by atoms with Crippen LogP contribution in [0.4, 0.5) is 0 Å². The van der Waals surface area contributed by atoms with Crippen LogP contribution in [0.5, 0.6) is 0 Å². The van der Waals surface area contributed by atoms with Crippen molar-refractivity contribution in [3.63, 3.8) is 0 Å². The molecule has 0 heterocycles. The predicted molar refractivity (Wildman–Crippen MR) is 362 cm³/mol. The lowest BCUT2D eigenvalue weighted by Crippen LogP contribution is -2.30. The highest BCUT2D eigenvalue weighted by Gasteiger charge is 2.19. The Kier molecular flexibility index (Phi) is 69.1. The van der Waals surface area contributed by atoms with Crippen LogP contribution in [0.2, 0.25) is 0 Å². The number of allylic oxidation sites excluding steroid dienone is 10. The van der Waals surface area contributed by atoms with Gasteiger partial charge in [0.05, 0.1) is 0 Å². The van der Waals surface area contributed by atoms with Gasteiger partial charge in [0.2, 0.25) is 0 Å². The van der Waals surface area contributed by atoms with E-state index < -0.39 is 6.10 Å². The Morgan fingerprint density at radius 1 is 0.253 bits per heavy atom. The van der Waals surface area contributed by atoms with E-state index in [1.807, 2.05) is 0 Å². The number of carbonyl (C=O) groups is 3. The zero-order valence-electron chi connectivity index (χ0n) is 55.7. The topological polar surface area (TPSA) is 78.9 Å². The van der Waals surface area contributed by atoms with Gasteiger partial charge in [0.1, 0.15) is 13.2 Å². The number of hydrogen-bond acceptors (Lipinski definition) is 6. The molecule has 0 rings (SSSR count). The van der Waals surface area contributed by atoms with Gasteiger partial charge >= 0.3 is 17.9 Å². The van der Waals surface area contributed by atoms with Gasteiger partial charge < -0.3 is 14.2 Å². The Labute approximate surface area is 517 Å². The highest BCUT2D eigenvalue weighted by molar-refractivity contribution is 5.71. The molecule has 0 aliphatic heterocycles. The molecule has 0 saturated heterocycles. The summed E-state index contributed by atoms with van der Waals surface area (Å²) in [5.41, 5.74) is 0. The zero-order valence-corrected chi connectivity index (χ0v) is 55.7. The van der Waals surface area contributed by atoms with E-state index in [2.05, 4.69) is 81.5 Å². The van der Waals surface area contributed by atoms with Gasteiger partial charge in [0, 0.05) is 19.3 Å². The lowest BCUT2D eigenvalue weighted by molar-refractivity contribution is -0.167. The first-order valence-electron chi connectivity index (χ1n) is 36.8. The number of ether oxygens (including phenoxy) is 3. The highest BCUT2D eigenvalue weighted by atomic mass is 16.6. The molecule has 0 bridgehead atoms. The van der Waals surface area contributed by atoms with Crippen molar-refractivity contribution in [1.82, 2.24) is 0 Å². The molecule has 0 aromatic heterocycles. The molecule has 0 aliphatic carbocycles. The van der Waals surface area contributed by atoms with Crippen molar-refractivity contribution in [2.75, 3.05) is 13.2 Å². The van der Waals surface area contributed by atoms with Crippen LogP contribution in [0.3, 0.4) is 0 Å². The van der Waals surface area contributed by atoms with Crippen molar-refractivity contribution in [2.24, 2.45) is 0 Å². The number of carbonyl (C=O) groups excluding carboxylic acids is 3. The molecule has 0 radical (unpaired) electrons. The van der Waals surface area contributed by atoms with E-state index in [0.29, 0.717) is 19.3 Å². The van der Waals surface area contributed by atoms with E-state index >= 15 is 0 Å². The van der Waals surface area contributed by atoms with E-state index in [1.165, 1.54) is 270 Å². The monoisotopic (exact) mass is 1160 g/mol. The van der Waals surface area contributed by atoms with Crippen LogP contribution >= 0.6 is 0 Å². The SMILES string of the molecule is CC/C=C\C/C=C\C/C=C\C/C=C\CCCCCCCCCCCCCCCCCCC(=O)OCC(COC(=O)CCCCCCCCC/C=C\CCCCCCCC)OC(=O)CCCCCCCCCCCCCCCCCCCCC. The van der Waals surface area contributed by atoms with E-state index in [4.69, 9.17) is 14.2 Å². The Morgan fingerprint density at radius 3 is 0.747 bits per heavy atom. The molecule has 6 heteroatoms. The van der Waals surface area contributed by atoms with E-state index in [0.717, 1.165) is 83.5 Å². The van der Waals surface area contributed by atoms with Crippen LogP contribution in [0.1, 0.15) is 393 Å². The molecule has 6 nitrogen and oxygen atoms in total. The second kappa shape index (κ2) is 71.6. The van der Waals surface area contributed by atoms with Crippen LogP contribution < -0.4 is 0 Å². The maximum Gasteiger partial charge on any atom is 0.306 e. The molecular formula is C77H140O6. The third kappa shape index (κ3) is 69.8. The minimum atomic E-state index is -0.774. The van der Waals surface area contributed by atoms with Gasteiger partial charge in [0.15, 0.2) is 6.10 Å². The Balaban J connectivity index is 4.25. The smallest absolute Gasteiger partial charge is 0.306 e. The normalized spacial score (nSPS) is 12.4. The van der Waals surface area contributed by atoms with Crippen LogP contribution in [0.25, 0.3) is 0 Å². The first-order valence-corrected chi connectivity index (χ1v) is 36.8. The van der Waals surface area contributed by atoms with Crippen molar-refractivity contribution in [3.05, 3.63) is 60.8 Å². The van der Waals surface area contributed by atoms with Crippen LogP contribution in [0.15, 0.2) is 60.8 Å². The Morgan fingerprint density at radius 2 is 0.470 bits per heavy atom. The molecule has 0 amide bonds. The van der Waals surface area contributed by atoms with E-state index in [9.17, 15) is 14.4 Å². The minimum Gasteiger partial charge on any atom is -0.462 e. The number of rotatable bonds is 68. The van der Waals surface area contributed by atoms with E-state index in [-0.39, 0.29) is 31.1 Å². The van der Waals surface area contributed by atoms with Gasteiger partial charge in [-0.05, 0) is 83.5 Å². The second-order valence-electron chi connectivity index (χ2n) is 24.8. The highest BCUT2D eigenvalue weighted by Crippen LogP contribution is 2.19. The number of hydrogen-bond donors (Lipinski definition) is 0. The Bertz CT molecular complexity index is 1470. The summed E-state index contributed by atoms with van der Waals surface area (Å²) in [6.45, 7) is 6.60. The molecule has 0 N–H and O–H groups in total. The second-order valence-corrected chi connectivity index (χ2v) is 24.8. The molecule has 0 aromatic carbocycles. The van der Waals surface area contributed by atoms with Crippen molar-refractivity contribution < 1.29 is 28.6 Å². The summed E-state index contributed by atoms with van der Waals surface area (Å²) in [7, 11) is 0. The average Bonchev–Trinajstić information content (AvgIpc) is 3.49. The standard InChI is InChI=1S/C77H140O6/c1-4-7-10-13-16-19-22-25-28-31-33-34-35-36-37-38-39-40-41-42-44-46-49-52-55-58-61-64-67-70-76(79)82-73-74(72-81-75(78)69-66-63-60-57-54-51-48-45-30-27-24-21-18-15-12-9-6-3)83-77(80)71-68-65-62-59-56-53-50-47-43-32-29-26-23-20-17-14-11-8-5-2/h7,10,16,19,25,27-28,30,33-34,74H,4-6,8-9,11-15,17-18,20-24,26,29,31-32,35-73H2,1-3H3/b10-7-,19-16-,28-25-,30-27-,34-33-. The van der Waals surface area contributed by atoms with Crippen LogP contribution in [-0.4, -0.2) is 37.2 Å². The summed E-state index contributed by atoms with van der Waals surface area (Å²) in [5, 5.41) is 0. The molecule has 0 fully saturated rings. The van der Waals surface area contributed by atoms with Crippen LogP contribution in [-0.2, 0) is 28.6 Å². The summed E-state index contributed by atoms with van der Waals surface area (Å²) in [5.74, 6) is -0.844. The summed E-state index contributed by atoms with van der Waals surface area (Å²) in [4.78, 5) is 38.5. The molecule has 1 atom stereocenters. The molecule has 0 spiro atoms. The van der Waals surface area contributed by atoms with Gasteiger partial charge in [-0.1, -0.05) is 351 Å². The van der Waals surface area contributed by atoms with Gasteiger partial charge in [-0.2, -0.15) is 0 Å². The van der Waals surface area contributed by atoms with Gasteiger partial charge in [0.25, 0.3) is 0 Å². The fourth-order valence-electron chi connectivity index (χ4n) is 11.0. The summed E-state index contributed by atoms with van der Waals surface area (Å²) in [6, 6.07) is 0. The summed E-state index contributed by atoms with van der Waals surface area (Å²) >= 11 is 0. The first-order chi connectivity index (χ1) is 41.0. The fourth-order valence-corrected chi connectivity index (χ4v) is 11.0. The predicted octanol–water partition coefficient (Wildman–Crippen LogP) is 25.5. The molecule has 83 heavy (non-hydrogen) atoms. The molecule has 0 saturated carbocycles. The van der Waals surface area contributed by atoms with Gasteiger partial charge in [-0.15, -0.1) is 0 Å². The Hall–Kier alpha value is -2.89. The maximum atomic E-state index is 13.0. The molecule has 484 valence electrons. The third-order valence-corrected chi connectivity index (χ3v) is 16.5. The molecular weight excluding hydrogens is 1020 g/mol. The van der Waals surface area contributed by atoms with Crippen molar-refractivity contribution >= 4 is 17.9 Å². The lowest BCUT2D eigenvalue weighted by Gasteiger charge is -2.18. The largest absolute Gasteiger partial charge is 0.462 e. The summed E-state index contributed by atoms with van der Waals surface area (Å²) < 4.78 is 17.0. The van der Waals surface area contributed by atoms with Crippen molar-refractivity contribution in [1.29, 1.82) is 0 Å². The van der Waals surface area contributed by atoms with Crippen molar-refractivity contribution in [2.45, 2.75) is 399 Å². The number of esters is 3. The first kappa shape index (κ1) is 80.1. The third-order valence-electron chi connectivity index (χ3n) is 16.5. The zero-order chi connectivity index (χ0) is 59.9. The lowest BCUT2D eigenvalue weighted by atomic mass is 10.0. The minimum absolute atomic E-state index is 0.0697. The average molecular weight is 1160 g/mol. The molecule has 0 aromatic rings. The maximum absolute atomic E-state index is 13.0. The fraction of sp³-hybridized carbons (Fsp3) is 0.831. The van der Waals surface area contributed by atoms with E-state index in [1.54, 1.807) is 0 Å². The van der Waals surface area contributed by atoms with Crippen molar-refractivity contribution in [3.8, 4) is 0 Å². The molecule has 1 unspecified atom stereocenters. The van der Waals surface area contributed by atoms with Gasteiger partial charge in [-0.25, -0.2) is 0 Å². The quantitative estimate of drug-likeness (QED) is 0.0261. The molecule has 0 aliphatic rings.